The van der Waals surface area contributed by atoms with Gasteiger partial charge >= 0.3 is 0 Å². The van der Waals surface area contributed by atoms with E-state index in [0.717, 1.165) is 12.1 Å². The normalized spacial score (nSPS) is 12.1. The SMILES string of the molecule is NC(=O)c1cccc(CS(=O)c2c(F)cc(N)cc2F)c1. The van der Waals surface area contributed by atoms with Crippen LogP contribution in [0, 0.1) is 11.6 Å². The molecule has 7 heteroatoms. The van der Waals surface area contributed by atoms with E-state index in [1.807, 2.05) is 0 Å². The summed E-state index contributed by atoms with van der Waals surface area (Å²) in [6, 6.07) is 7.92. The van der Waals surface area contributed by atoms with Gasteiger partial charge in [-0.05, 0) is 29.8 Å². The van der Waals surface area contributed by atoms with E-state index in [1.54, 1.807) is 12.1 Å². The molecule has 0 aromatic heterocycles. The van der Waals surface area contributed by atoms with Gasteiger partial charge in [0.1, 0.15) is 16.5 Å². The Hall–Kier alpha value is -2.28. The summed E-state index contributed by atoms with van der Waals surface area (Å²) in [7, 11) is -1.94. The molecule has 0 bridgehead atoms. The Bertz CT molecular complexity index is 712. The molecular weight excluding hydrogens is 298 g/mol. The summed E-state index contributed by atoms with van der Waals surface area (Å²) in [5, 5.41) is 0. The molecule has 1 atom stereocenters. The van der Waals surface area contributed by atoms with Crippen molar-refractivity contribution in [2.45, 2.75) is 10.6 Å². The second kappa shape index (κ2) is 6.01. The highest BCUT2D eigenvalue weighted by Crippen LogP contribution is 2.22. The van der Waals surface area contributed by atoms with Crippen molar-refractivity contribution in [2.75, 3.05) is 5.73 Å². The van der Waals surface area contributed by atoms with Crippen LogP contribution < -0.4 is 11.5 Å². The van der Waals surface area contributed by atoms with Gasteiger partial charge in [0, 0.05) is 11.3 Å². The molecular formula is C14H12F2N2O2S. The molecule has 0 radical (unpaired) electrons. The Balaban J connectivity index is 2.30. The summed E-state index contributed by atoms with van der Waals surface area (Å²) in [5.41, 5.74) is 11.1. The van der Waals surface area contributed by atoms with Crippen molar-refractivity contribution in [3.8, 4) is 0 Å². The van der Waals surface area contributed by atoms with Gasteiger partial charge in [-0.2, -0.15) is 0 Å². The number of nitrogen functional groups attached to an aromatic ring is 1. The highest BCUT2D eigenvalue weighted by Gasteiger charge is 2.17. The van der Waals surface area contributed by atoms with Gasteiger partial charge in [-0.3, -0.25) is 9.00 Å². The molecule has 0 saturated carbocycles. The average Bonchev–Trinajstić information content (AvgIpc) is 2.37. The first-order chi connectivity index (χ1) is 9.88. The lowest BCUT2D eigenvalue weighted by Gasteiger charge is -2.07. The third-order valence-electron chi connectivity index (χ3n) is 2.76. The maximum atomic E-state index is 13.7. The number of rotatable bonds is 4. The van der Waals surface area contributed by atoms with Crippen LogP contribution in [0.3, 0.4) is 0 Å². The molecule has 0 spiro atoms. The quantitative estimate of drug-likeness (QED) is 0.846. The van der Waals surface area contributed by atoms with Gasteiger partial charge in [-0.1, -0.05) is 12.1 Å². The number of anilines is 1. The minimum absolute atomic E-state index is 0.0820. The van der Waals surface area contributed by atoms with Gasteiger partial charge in [0.2, 0.25) is 5.91 Å². The standard InChI is InChI=1S/C14H12F2N2O2S/c15-11-5-10(17)6-12(16)13(11)21(20)7-8-2-1-3-9(4-8)14(18)19/h1-6H,7,17H2,(H2,18,19). The van der Waals surface area contributed by atoms with Gasteiger partial charge in [0.05, 0.1) is 16.6 Å². The molecule has 2 aromatic rings. The van der Waals surface area contributed by atoms with E-state index in [9.17, 15) is 17.8 Å². The fourth-order valence-electron chi connectivity index (χ4n) is 1.83. The average molecular weight is 310 g/mol. The molecule has 1 unspecified atom stereocenters. The smallest absolute Gasteiger partial charge is 0.248 e. The van der Waals surface area contributed by atoms with Crippen molar-refractivity contribution in [1.82, 2.24) is 0 Å². The molecule has 2 rings (SSSR count). The number of amides is 1. The number of halogens is 2. The number of benzene rings is 2. The van der Waals surface area contributed by atoms with Crippen molar-refractivity contribution >= 4 is 22.4 Å². The Morgan fingerprint density at radius 1 is 1.14 bits per heavy atom. The molecule has 0 saturated heterocycles. The Kier molecular flexibility index (Phi) is 4.32. The predicted molar refractivity (Wildman–Crippen MR) is 75.8 cm³/mol. The Morgan fingerprint density at radius 3 is 2.33 bits per heavy atom. The van der Waals surface area contributed by atoms with E-state index in [0.29, 0.717) is 5.56 Å². The maximum Gasteiger partial charge on any atom is 0.248 e. The van der Waals surface area contributed by atoms with Crippen molar-refractivity contribution in [3.63, 3.8) is 0 Å². The lowest BCUT2D eigenvalue weighted by Crippen LogP contribution is -2.11. The van der Waals surface area contributed by atoms with Crippen LogP contribution in [0.15, 0.2) is 41.3 Å². The molecule has 21 heavy (non-hydrogen) atoms. The zero-order valence-corrected chi connectivity index (χ0v) is 11.6. The molecule has 0 heterocycles. The van der Waals surface area contributed by atoms with Crippen LogP contribution in [0.5, 0.6) is 0 Å². The van der Waals surface area contributed by atoms with Crippen LogP contribution in [-0.2, 0) is 16.6 Å². The second-order valence-corrected chi connectivity index (χ2v) is 5.76. The highest BCUT2D eigenvalue weighted by molar-refractivity contribution is 7.84. The minimum atomic E-state index is -1.94. The summed E-state index contributed by atoms with van der Waals surface area (Å²) >= 11 is 0. The predicted octanol–water partition coefficient (Wildman–Crippen LogP) is 1.95. The Morgan fingerprint density at radius 2 is 1.76 bits per heavy atom. The second-order valence-electron chi connectivity index (χ2n) is 4.37. The van der Waals surface area contributed by atoms with Crippen molar-refractivity contribution in [2.24, 2.45) is 5.73 Å². The molecule has 0 aliphatic carbocycles. The molecule has 110 valence electrons. The molecule has 4 N–H and O–H groups in total. The van der Waals surface area contributed by atoms with Crippen molar-refractivity contribution < 1.29 is 17.8 Å². The maximum absolute atomic E-state index is 13.7. The summed E-state index contributed by atoms with van der Waals surface area (Å²) in [4.78, 5) is 10.5. The van der Waals surface area contributed by atoms with Crippen LogP contribution in [0.2, 0.25) is 0 Å². The number of primary amides is 1. The van der Waals surface area contributed by atoms with Crippen molar-refractivity contribution in [3.05, 3.63) is 59.2 Å². The van der Waals surface area contributed by atoms with E-state index in [-0.39, 0.29) is 17.0 Å². The monoisotopic (exact) mass is 310 g/mol. The molecule has 0 fully saturated rings. The topological polar surface area (TPSA) is 86.2 Å². The van der Waals surface area contributed by atoms with Gasteiger partial charge in [0.15, 0.2) is 0 Å². The summed E-state index contributed by atoms with van der Waals surface area (Å²) in [6.07, 6.45) is 0. The first-order valence-electron chi connectivity index (χ1n) is 5.90. The first-order valence-corrected chi connectivity index (χ1v) is 7.22. The number of carbonyl (C=O) groups is 1. The highest BCUT2D eigenvalue weighted by atomic mass is 32.2. The molecule has 4 nitrogen and oxygen atoms in total. The number of nitrogens with two attached hydrogens (primary N) is 2. The lowest BCUT2D eigenvalue weighted by molar-refractivity contribution is 0.1000. The van der Waals surface area contributed by atoms with E-state index in [2.05, 4.69) is 0 Å². The third-order valence-corrected chi connectivity index (χ3v) is 4.20. The molecule has 2 aromatic carbocycles. The van der Waals surface area contributed by atoms with Crippen LogP contribution >= 0.6 is 0 Å². The Labute approximate surface area is 122 Å². The third kappa shape index (κ3) is 3.43. The summed E-state index contributed by atoms with van der Waals surface area (Å²) < 4.78 is 39.5. The van der Waals surface area contributed by atoms with E-state index in [1.165, 1.54) is 12.1 Å². The fraction of sp³-hybridized carbons (Fsp3) is 0.0714. The number of hydrogen-bond acceptors (Lipinski definition) is 3. The molecule has 0 aliphatic heterocycles. The largest absolute Gasteiger partial charge is 0.399 e. The lowest BCUT2D eigenvalue weighted by atomic mass is 10.1. The first kappa shape index (κ1) is 15.1. The van der Waals surface area contributed by atoms with Gasteiger partial charge in [-0.25, -0.2) is 8.78 Å². The zero-order valence-electron chi connectivity index (χ0n) is 10.8. The minimum Gasteiger partial charge on any atom is -0.399 e. The van der Waals surface area contributed by atoms with E-state index >= 15 is 0 Å². The zero-order chi connectivity index (χ0) is 15.6. The van der Waals surface area contributed by atoms with Crippen LogP contribution in [0.25, 0.3) is 0 Å². The van der Waals surface area contributed by atoms with Crippen LogP contribution in [-0.4, -0.2) is 10.1 Å². The molecule has 0 aliphatic rings. The number of carbonyl (C=O) groups excluding carboxylic acids is 1. The van der Waals surface area contributed by atoms with Gasteiger partial charge in [0.25, 0.3) is 0 Å². The number of hydrogen-bond donors (Lipinski definition) is 2. The summed E-state index contributed by atoms with van der Waals surface area (Å²) in [6.45, 7) is 0. The van der Waals surface area contributed by atoms with Crippen LogP contribution in [0.4, 0.5) is 14.5 Å². The van der Waals surface area contributed by atoms with E-state index < -0.39 is 33.2 Å². The van der Waals surface area contributed by atoms with E-state index in [4.69, 9.17) is 11.5 Å². The van der Waals surface area contributed by atoms with Crippen LogP contribution in [0.1, 0.15) is 15.9 Å². The summed E-state index contributed by atoms with van der Waals surface area (Å²) in [5.74, 6) is -2.69. The molecule has 1 amide bonds. The van der Waals surface area contributed by atoms with Crippen molar-refractivity contribution in [1.29, 1.82) is 0 Å². The van der Waals surface area contributed by atoms with Gasteiger partial charge < -0.3 is 11.5 Å². The van der Waals surface area contributed by atoms with Gasteiger partial charge in [-0.15, -0.1) is 0 Å². The fourth-order valence-corrected chi connectivity index (χ4v) is 3.01.